The predicted molar refractivity (Wildman–Crippen MR) is 84.3 cm³/mol. The maximum absolute atomic E-state index is 12.7. The van der Waals surface area contributed by atoms with Crippen molar-refractivity contribution in [1.29, 1.82) is 0 Å². The molecular weight excluding hydrogens is 340 g/mol. The van der Waals surface area contributed by atoms with Crippen LogP contribution >= 0.6 is 15.9 Å². The molecule has 1 fully saturated rings. The molecule has 1 saturated heterocycles. The van der Waals surface area contributed by atoms with Crippen LogP contribution in [0, 0.1) is 12.8 Å². The minimum atomic E-state index is -3.42. The van der Waals surface area contributed by atoms with Crippen molar-refractivity contribution >= 4 is 26.0 Å². The fourth-order valence-corrected chi connectivity index (χ4v) is 4.57. The van der Waals surface area contributed by atoms with Crippen molar-refractivity contribution in [2.24, 2.45) is 5.92 Å². The maximum atomic E-state index is 12.7. The first-order valence-corrected chi connectivity index (χ1v) is 9.08. The summed E-state index contributed by atoms with van der Waals surface area (Å²) >= 11 is 3.34. The number of hydrogen-bond acceptors (Lipinski definition) is 3. The monoisotopic (exact) mass is 360 g/mol. The van der Waals surface area contributed by atoms with Crippen LogP contribution in [0.2, 0.25) is 0 Å². The Bertz CT molecular complexity index is 569. The van der Waals surface area contributed by atoms with Crippen molar-refractivity contribution in [3.05, 3.63) is 28.2 Å². The van der Waals surface area contributed by atoms with Crippen LogP contribution < -0.4 is 5.32 Å². The molecule has 0 saturated carbocycles. The number of halogens is 1. The minimum absolute atomic E-state index is 0.387. The van der Waals surface area contributed by atoms with E-state index in [-0.39, 0.29) is 0 Å². The molecule has 1 unspecified atom stereocenters. The molecule has 1 aliphatic rings. The van der Waals surface area contributed by atoms with Gasteiger partial charge in [-0.3, -0.25) is 0 Å². The topological polar surface area (TPSA) is 49.4 Å². The molecule has 1 aromatic rings. The standard InChI is InChI=1S/C14H21BrN2O2S/c1-11-5-6-13(15)8-14(11)20(18,19)17(2)10-12-4-3-7-16-9-12/h5-6,8,12,16H,3-4,7,9-10H2,1-2H3. The van der Waals surface area contributed by atoms with E-state index >= 15 is 0 Å². The first kappa shape index (κ1) is 15.9. The number of rotatable bonds is 4. The highest BCUT2D eigenvalue weighted by molar-refractivity contribution is 9.10. The van der Waals surface area contributed by atoms with Crippen molar-refractivity contribution in [2.75, 3.05) is 26.7 Å². The molecule has 0 amide bonds. The van der Waals surface area contributed by atoms with Gasteiger partial charge in [-0.15, -0.1) is 0 Å². The molecule has 112 valence electrons. The summed E-state index contributed by atoms with van der Waals surface area (Å²) in [6, 6.07) is 5.37. The normalized spacial score (nSPS) is 20.3. The Morgan fingerprint density at radius 1 is 1.45 bits per heavy atom. The maximum Gasteiger partial charge on any atom is 0.243 e. The van der Waals surface area contributed by atoms with Crippen LogP contribution in [-0.4, -0.2) is 39.4 Å². The molecule has 1 aliphatic heterocycles. The second kappa shape index (κ2) is 6.56. The zero-order chi connectivity index (χ0) is 14.8. The first-order valence-electron chi connectivity index (χ1n) is 6.84. The van der Waals surface area contributed by atoms with E-state index in [4.69, 9.17) is 0 Å². The van der Waals surface area contributed by atoms with Crippen molar-refractivity contribution in [3.8, 4) is 0 Å². The quantitative estimate of drug-likeness (QED) is 0.896. The highest BCUT2D eigenvalue weighted by atomic mass is 79.9. The number of nitrogens with zero attached hydrogens (tertiary/aromatic N) is 1. The summed E-state index contributed by atoms with van der Waals surface area (Å²) < 4.78 is 27.6. The van der Waals surface area contributed by atoms with Crippen LogP contribution in [0.15, 0.2) is 27.6 Å². The summed E-state index contributed by atoms with van der Waals surface area (Å²) in [6.45, 7) is 4.34. The van der Waals surface area contributed by atoms with Gasteiger partial charge in [0, 0.05) is 18.1 Å². The second-order valence-electron chi connectivity index (χ2n) is 5.41. The van der Waals surface area contributed by atoms with Gasteiger partial charge in [0.2, 0.25) is 10.0 Å². The Kier molecular flexibility index (Phi) is 5.23. The van der Waals surface area contributed by atoms with Crippen molar-refractivity contribution in [3.63, 3.8) is 0 Å². The van der Waals surface area contributed by atoms with Crippen LogP contribution in [0.5, 0.6) is 0 Å². The second-order valence-corrected chi connectivity index (χ2v) is 8.34. The average molecular weight is 361 g/mol. The van der Waals surface area contributed by atoms with Gasteiger partial charge in [0.25, 0.3) is 0 Å². The third kappa shape index (κ3) is 3.61. The van der Waals surface area contributed by atoms with Crippen molar-refractivity contribution in [1.82, 2.24) is 9.62 Å². The Balaban J connectivity index is 2.18. The third-order valence-corrected chi connectivity index (χ3v) is 6.21. The summed E-state index contributed by atoms with van der Waals surface area (Å²) in [4.78, 5) is 0.387. The molecule has 0 bridgehead atoms. The third-order valence-electron chi connectivity index (χ3n) is 3.75. The lowest BCUT2D eigenvalue weighted by atomic mass is 10.00. The molecule has 1 aromatic carbocycles. The minimum Gasteiger partial charge on any atom is -0.316 e. The summed E-state index contributed by atoms with van der Waals surface area (Å²) in [5.41, 5.74) is 0.779. The van der Waals surface area contributed by atoms with E-state index in [2.05, 4.69) is 21.2 Å². The highest BCUT2D eigenvalue weighted by Gasteiger charge is 2.26. The van der Waals surface area contributed by atoms with Crippen LogP contribution in [0.25, 0.3) is 0 Å². The van der Waals surface area contributed by atoms with Gasteiger partial charge in [-0.05, 0) is 56.5 Å². The lowest BCUT2D eigenvalue weighted by Gasteiger charge is -2.27. The molecule has 0 radical (unpaired) electrons. The Labute approximate surface area is 129 Å². The van der Waals surface area contributed by atoms with E-state index in [9.17, 15) is 8.42 Å². The van der Waals surface area contributed by atoms with Gasteiger partial charge in [-0.1, -0.05) is 22.0 Å². The zero-order valence-electron chi connectivity index (χ0n) is 11.9. The van der Waals surface area contributed by atoms with E-state index in [0.29, 0.717) is 17.4 Å². The number of sulfonamides is 1. The lowest BCUT2D eigenvalue weighted by Crippen LogP contribution is -2.39. The molecule has 6 heteroatoms. The Morgan fingerprint density at radius 3 is 2.85 bits per heavy atom. The molecule has 4 nitrogen and oxygen atoms in total. The molecular formula is C14H21BrN2O2S. The SMILES string of the molecule is Cc1ccc(Br)cc1S(=O)(=O)N(C)CC1CCCNC1. The smallest absolute Gasteiger partial charge is 0.243 e. The molecule has 1 heterocycles. The van der Waals surface area contributed by atoms with E-state index in [1.54, 1.807) is 13.1 Å². The number of benzene rings is 1. The summed E-state index contributed by atoms with van der Waals surface area (Å²) in [7, 11) is -1.75. The molecule has 0 aliphatic carbocycles. The molecule has 1 N–H and O–H groups in total. The molecule has 2 rings (SSSR count). The van der Waals surface area contributed by atoms with E-state index in [0.717, 1.165) is 36.0 Å². The average Bonchev–Trinajstić information content (AvgIpc) is 2.42. The number of hydrogen-bond donors (Lipinski definition) is 1. The van der Waals surface area contributed by atoms with E-state index < -0.39 is 10.0 Å². The van der Waals surface area contributed by atoms with Gasteiger partial charge in [-0.2, -0.15) is 0 Å². The predicted octanol–water partition coefficient (Wildman–Crippen LogP) is 2.38. The number of piperidine rings is 1. The highest BCUT2D eigenvalue weighted by Crippen LogP contribution is 2.24. The fraction of sp³-hybridized carbons (Fsp3) is 0.571. The first-order chi connectivity index (χ1) is 9.41. The molecule has 20 heavy (non-hydrogen) atoms. The molecule has 0 aromatic heterocycles. The van der Waals surface area contributed by atoms with Gasteiger partial charge >= 0.3 is 0 Å². The molecule has 0 spiro atoms. The Hall–Kier alpha value is -0.430. The van der Waals surface area contributed by atoms with E-state index in [1.165, 1.54) is 4.31 Å². The van der Waals surface area contributed by atoms with Crippen molar-refractivity contribution in [2.45, 2.75) is 24.7 Å². The van der Waals surface area contributed by atoms with Gasteiger partial charge in [0.05, 0.1) is 4.90 Å². The number of nitrogens with one attached hydrogen (secondary N) is 1. The fourth-order valence-electron chi connectivity index (χ4n) is 2.56. The largest absolute Gasteiger partial charge is 0.316 e. The van der Waals surface area contributed by atoms with Gasteiger partial charge in [-0.25, -0.2) is 12.7 Å². The Morgan fingerprint density at radius 2 is 2.20 bits per heavy atom. The molecule has 1 atom stereocenters. The van der Waals surface area contributed by atoms with Crippen LogP contribution in [0.4, 0.5) is 0 Å². The van der Waals surface area contributed by atoms with Gasteiger partial charge < -0.3 is 5.32 Å². The summed E-state index contributed by atoms with van der Waals surface area (Å²) in [6.07, 6.45) is 2.21. The zero-order valence-corrected chi connectivity index (χ0v) is 14.3. The van der Waals surface area contributed by atoms with Gasteiger partial charge in [0.15, 0.2) is 0 Å². The van der Waals surface area contributed by atoms with Crippen LogP contribution in [0.1, 0.15) is 18.4 Å². The van der Waals surface area contributed by atoms with Crippen LogP contribution in [-0.2, 0) is 10.0 Å². The van der Waals surface area contributed by atoms with E-state index in [1.807, 2.05) is 19.1 Å². The van der Waals surface area contributed by atoms with Crippen LogP contribution in [0.3, 0.4) is 0 Å². The summed E-state index contributed by atoms with van der Waals surface area (Å²) in [5.74, 6) is 0.399. The van der Waals surface area contributed by atoms with Gasteiger partial charge in [0.1, 0.15) is 0 Å². The lowest BCUT2D eigenvalue weighted by molar-refractivity contribution is 0.314. The number of aryl methyl sites for hydroxylation is 1. The summed E-state index contributed by atoms with van der Waals surface area (Å²) in [5, 5.41) is 3.32. The van der Waals surface area contributed by atoms with Crippen molar-refractivity contribution < 1.29 is 8.42 Å².